The number of esters is 1. The Morgan fingerprint density at radius 3 is 3.00 bits per heavy atom. The number of aromatic nitrogens is 2. The molecule has 0 aliphatic carbocycles. The fourth-order valence-electron chi connectivity index (χ4n) is 1.61. The first-order valence-corrected chi connectivity index (χ1v) is 5.67. The summed E-state index contributed by atoms with van der Waals surface area (Å²) >= 11 is 0. The molecule has 6 nitrogen and oxygen atoms in total. The van der Waals surface area contributed by atoms with Gasteiger partial charge >= 0.3 is 5.97 Å². The number of carbonyl (C=O) groups is 1. The Balaban J connectivity index is 2.33. The summed E-state index contributed by atoms with van der Waals surface area (Å²) in [5, 5.41) is 12.8. The second-order valence-electron chi connectivity index (χ2n) is 3.78. The Labute approximate surface area is 110 Å². The molecule has 0 radical (unpaired) electrons. The van der Waals surface area contributed by atoms with Crippen molar-refractivity contribution in [1.29, 1.82) is 5.26 Å². The third-order valence-electron chi connectivity index (χ3n) is 2.50. The van der Waals surface area contributed by atoms with E-state index in [1.54, 1.807) is 25.1 Å². The number of nitrogen functional groups attached to an aromatic ring is 1. The summed E-state index contributed by atoms with van der Waals surface area (Å²) in [5.41, 5.74) is 7.69. The van der Waals surface area contributed by atoms with Gasteiger partial charge in [0.2, 0.25) is 0 Å². The zero-order chi connectivity index (χ0) is 13.8. The van der Waals surface area contributed by atoms with E-state index in [9.17, 15) is 4.79 Å². The number of nitriles is 1. The predicted octanol–water partition coefficient (Wildman–Crippen LogP) is 1.50. The van der Waals surface area contributed by atoms with Gasteiger partial charge in [0.25, 0.3) is 0 Å². The highest BCUT2D eigenvalue weighted by molar-refractivity contribution is 5.88. The maximum absolute atomic E-state index is 11.5. The molecule has 0 saturated heterocycles. The van der Waals surface area contributed by atoms with E-state index < -0.39 is 5.97 Å². The van der Waals surface area contributed by atoms with Gasteiger partial charge in [-0.2, -0.15) is 10.4 Å². The molecular formula is C13H12N4O2. The minimum Gasteiger partial charge on any atom is -0.462 e. The van der Waals surface area contributed by atoms with Crippen LogP contribution in [-0.2, 0) is 4.74 Å². The van der Waals surface area contributed by atoms with Gasteiger partial charge in [0, 0.05) is 6.20 Å². The molecule has 0 aliphatic rings. The number of hydrogen-bond acceptors (Lipinski definition) is 5. The normalized spacial score (nSPS) is 9.89. The van der Waals surface area contributed by atoms with E-state index in [1.165, 1.54) is 17.1 Å². The summed E-state index contributed by atoms with van der Waals surface area (Å²) in [6.07, 6.45) is 2.95. The van der Waals surface area contributed by atoms with Gasteiger partial charge in [0.05, 0.1) is 41.4 Å². The van der Waals surface area contributed by atoms with Gasteiger partial charge in [-0.05, 0) is 25.1 Å². The molecular weight excluding hydrogens is 244 g/mol. The first kappa shape index (κ1) is 12.6. The van der Waals surface area contributed by atoms with Gasteiger partial charge in [-0.3, -0.25) is 0 Å². The lowest BCUT2D eigenvalue weighted by Crippen LogP contribution is -2.04. The van der Waals surface area contributed by atoms with Crippen LogP contribution >= 0.6 is 0 Å². The summed E-state index contributed by atoms with van der Waals surface area (Å²) in [6, 6.07) is 6.87. The van der Waals surface area contributed by atoms with Gasteiger partial charge in [0.15, 0.2) is 0 Å². The number of nitrogens with zero attached hydrogens (tertiary/aromatic N) is 3. The van der Waals surface area contributed by atoms with Crippen LogP contribution < -0.4 is 5.73 Å². The van der Waals surface area contributed by atoms with Crippen LogP contribution in [0.25, 0.3) is 5.69 Å². The lowest BCUT2D eigenvalue weighted by molar-refractivity contribution is 0.0526. The van der Waals surface area contributed by atoms with Gasteiger partial charge in [0.1, 0.15) is 0 Å². The summed E-state index contributed by atoms with van der Waals surface area (Å²) in [4.78, 5) is 11.5. The highest BCUT2D eigenvalue weighted by Gasteiger charge is 2.11. The molecule has 0 atom stereocenters. The molecule has 1 aromatic heterocycles. The standard InChI is InChI=1S/C13H12N4O2/c1-2-19-13(18)10-7-16-17(8-10)12-4-3-9(6-14)5-11(12)15/h3-5,7-8H,2,15H2,1H3. The molecule has 0 fully saturated rings. The molecule has 0 unspecified atom stereocenters. The van der Waals surface area contributed by atoms with Crippen LogP contribution in [0.1, 0.15) is 22.8 Å². The quantitative estimate of drug-likeness (QED) is 0.663. The maximum atomic E-state index is 11.5. The van der Waals surface area contributed by atoms with Crippen LogP contribution in [0.3, 0.4) is 0 Å². The number of carbonyl (C=O) groups excluding carboxylic acids is 1. The van der Waals surface area contributed by atoms with Crippen molar-refractivity contribution in [3.63, 3.8) is 0 Å². The number of ether oxygens (including phenoxy) is 1. The molecule has 1 aromatic carbocycles. The van der Waals surface area contributed by atoms with Crippen molar-refractivity contribution in [3.05, 3.63) is 41.7 Å². The molecule has 19 heavy (non-hydrogen) atoms. The minimum absolute atomic E-state index is 0.309. The van der Waals surface area contributed by atoms with Crippen LogP contribution in [0.2, 0.25) is 0 Å². The molecule has 0 amide bonds. The van der Waals surface area contributed by atoms with Crippen molar-refractivity contribution in [2.24, 2.45) is 0 Å². The van der Waals surface area contributed by atoms with Gasteiger partial charge < -0.3 is 10.5 Å². The van der Waals surface area contributed by atoms with E-state index in [1.807, 2.05) is 6.07 Å². The van der Waals surface area contributed by atoms with Crippen molar-refractivity contribution in [1.82, 2.24) is 9.78 Å². The lowest BCUT2D eigenvalue weighted by atomic mass is 10.2. The molecule has 0 bridgehead atoms. The van der Waals surface area contributed by atoms with Crippen molar-refractivity contribution in [2.45, 2.75) is 6.92 Å². The monoisotopic (exact) mass is 256 g/mol. The van der Waals surface area contributed by atoms with Crippen molar-refractivity contribution < 1.29 is 9.53 Å². The summed E-state index contributed by atoms with van der Waals surface area (Å²) in [6.45, 7) is 2.05. The summed E-state index contributed by atoms with van der Waals surface area (Å²) < 4.78 is 6.35. The maximum Gasteiger partial charge on any atom is 0.341 e. The molecule has 2 aromatic rings. The number of hydrogen-bond donors (Lipinski definition) is 1. The first-order valence-electron chi connectivity index (χ1n) is 5.67. The largest absolute Gasteiger partial charge is 0.462 e. The zero-order valence-electron chi connectivity index (χ0n) is 10.3. The number of benzene rings is 1. The topological polar surface area (TPSA) is 93.9 Å². The third-order valence-corrected chi connectivity index (χ3v) is 2.50. The van der Waals surface area contributed by atoms with Crippen molar-refractivity contribution in [2.75, 3.05) is 12.3 Å². The number of nitrogens with two attached hydrogens (primary N) is 1. The minimum atomic E-state index is -0.430. The third kappa shape index (κ3) is 2.55. The Kier molecular flexibility index (Phi) is 3.48. The second kappa shape index (κ2) is 5.23. The van der Waals surface area contributed by atoms with E-state index in [0.717, 1.165) is 0 Å². The highest BCUT2D eigenvalue weighted by atomic mass is 16.5. The van der Waals surface area contributed by atoms with Gasteiger partial charge in [-0.15, -0.1) is 0 Å². The lowest BCUT2D eigenvalue weighted by Gasteiger charge is -2.05. The molecule has 0 spiro atoms. The van der Waals surface area contributed by atoms with E-state index in [4.69, 9.17) is 15.7 Å². The molecule has 6 heteroatoms. The Morgan fingerprint density at radius 2 is 2.37 bits per heavy atom. The number of anilines is 1. The zero-order valence-corrected chi connectivity index (χ0v) is 10.3. The van der Waals surface area contributed by atoms with Crippen LogP contribution in [0.4, 0.5) is 5.69 Å². The molecule has 0 aliphatic heterocycles. The SMILES string of the molecule is CCOC(=O)c1cnn(-c2ccc(C#N)cc2N)c1. The predicted molar refractivity (Wildman–Crippen MR) is 68.6 cm³/mol. The summed E-state index contributed by atoms with van der Waals surface area (Å²) in [7, 11) is 0. The number of rotatable bonds is 3. The Hall–Kier alpha value is -2.81. The van der Waals surface area contributed by atoms with Crippen LogP contribution in [0.5, 0.6) is 0 Å². The fourth-order valence-corrected chi connectivity index (χ4v) is 1.61. The van der Waals surface area contributed by atoms with E-state index in [2.05, 4.69) is 5.10 Å². The van der Waals surface area contributed by atoms with E-state index in [0.29, 0.717) is 29.1 Å². The van der Waals surface area contributed by atoms with Crippen molar-refractivity contribution >= 4 is 11.7 Å². The molecule has 1 heterocycles. The first-order chi connectivity index (χ1) is 9.15. The van der Waals surface area contributed by atoms with Crippen LogP contribution in [0, 0.1) is 11.3 Å². The average molecular weight is 256 g/mol. The second-order valence-corrected chi connectivity index (χ2v) is 3.78. The van der Waals surface area contributed by atoms with E-state index in [-0.39, 0.29) is 0 Å². The molecule has 0 saturated carbocycles. The van der Waals surface area contributed by atoms with E-state index >= 15 is 0 Å². The fraction of sp³-hybridized carbons (Fsp3) is 0.154. The average Bonchev–Trinajstić information content (AvgIpc) is 2.88. The van der Waals surface area contributed by atoms with Crippen LogP contribution in [-0.4, -0.2) is 22.4 Å². The molecule has 2 rings (SSSR count). The molecule has 96 valence electrons. The van der Waals surface area contributed by atoms with Gasteiger partial charge in [-0.25, -0.2) is 9.48 Å². The van der Waals surface area contributed by atoms with Crippen molar-refractivity contribution in [3.8, 4) is 11.8 Å². The Morgan fingerprint density at radius 1 is 1.58 bits per heavy atom. The van der Waals surface area contributed by atoms with Gasteiger partial charge in [-0.1, -0.05) is 0 Å². The summed E-state index contributed by atoms with van der Waals surface area (Å²) in [5.74, 6) is -0.430. The smallest absolute Gasteiger partial charge is 0.341 e. The molecule has 2 N–H and O–H groups in total. The highest BCUT2D eigenvalue weighted by Crippen LogP contribution is 2.18. The van der Waals surface area contributed by atoms with Crippen LogP contribution in [0.15, 0.2) is 30.6 Å². The Bertz CT molecular complexity index is 655.